The summed E-state index contributed by atoms with van der Waals surface area (Å²) in [5.74, 6) is 1.15. The lowest BCUT2D eigenvalue weighted by molar-refractivity contribution is 0.433. The van der Waals surface area contributed by atoms with E-state index in [0.717, 1.165) is 18.7 Å². The van der Waals surface area contributed by atoms with Gasteiger partial charge in [0.05, 0.1) is 0 Å². The van der Waals surface area contributed by atoms with Gasteiger partial charge in [-0.3, -0.25) is 0 Å². The zero-order valence-corrected chi connectivity index (χ0v) is 10.1. The van der Waals surface area contributed by atoms with Gasteiger partial charge in [0.15, 0.2) is 0 Å². The highest BCUT2D eigenvalue weighted by Crippen LogP contribution is 2.32. The van der Waals surface area contributed by atoms with E-state index < -0.39 is 0 Å². The summed E-state index contributed by atoms with van der Waals surface area (Å²) in [6.45, 7) is 0. The third-order valence-corrected chi connectivity index (χ3v) is 3.25. The number of aromatic nitrogens is 2. The summed E-state index contributed by atoms with van der Waals surface area (Å²) >= 11 is 2.05. The Hall–Kier alpha value is -0.910. The van der Waals surface area contributed by atoms with Crippen LogP contribution in [-0.4, -0.2) is 10.2 Å². The molecule has 0 spiro atoms. The first-order chi connectivity index (χ1) is 7.33. The van der Waals surface area contributed by atoms with Gasteiger partial charge in [-0.25, -0.2) is 0 Å². The number of nitrogens with zero attached hydrogens (tertiary/aromatic N) is 2. The molecule has 76 valence electrons. The molecule has 0 saturated heterocycles. The average Bonchev–Trinajstić information content (AvgIpc) is 2.82. The Morgan fingerprint density at radius 2 is 1.80 bits per heavy atom. The molecule has 1 aliphatic carbocycles. The fourth-order valence-electron chi connectivity index (χ4n) is 2.11. The smallest absolute Gasteiger partial charge is 0.278 e. The van der Waals surface area contributed by atoms with Crippen LogP contribution in [0.25, 0.3) is 0 Å². The normalized spacial score (nSPS) is 15.5. The molecule has 0 bridgehead atoms. The summed E-state index contributed by atoms with van der Waals surface area (Å²) in [4.78, 5) is 0. The Kier molecular flexibility index (Phi) is 2.23. The van der Waals surface area contributed by atoms with Crippen LogP contribution in [0.15, 0.2) is 28.7 Å². The fourth-order valence-corrected chi connectivity index (χ4v) is 2.45. The first-order valence-corrected chi connectivity index (χ1v) is 5.96. The summed E-state index contributed by atoms with van der Waals surface area (Å²) in [6, 6.07) is 8.52. The van der Waals surface area contributed by atoms with Crippen LogP contribution in [0.4, 0.5) is 0 Å². The molecular weight excluding hydrogens is 303 g/mol. The third-order valence-electron chi connectivity index (χ3n) is 2.82. The van der Waals surface area contributed by atoms with E-state index in [-0.39, 0.29) is 0 Å². The molecule has 1 heterocycles. The maximum atomic E-state index is 5.46. The lowest BCUT2D eigenvalue weighted by Gasteiger charge is -2.00. The molecule has 0 N–H and O–H groups in total. The van der Waals surface area contributed by atoms with Gasteiger partial charge in [-0.1, -0.05) is 24.3 Å². The van der Waals surface area contributed by atoms with Gasteiger partial charge in [0.25, 0.3) is 3.90 Å². The number of hydrogen-bond acceptors (Lipinski definition) is 3. The topological polar surface area (TPSA) is 38.9 Å². The molecule has 0 aliphatic heterocycles. The number of benzene rings is 1. The minimum absolute atomic E-state index is 0.374. The van der Waals surface area contributed by atoms with Crippen molar-refractivity contribution >= 4 is 22.6 Å². The minimum Gasteiger partial charge on any atom is -0.416 e. The minimum atomic E-state index is 0.374. The highest BCUT2D eigenvalue weighted by atomic mass is 127. The number of hydrogen-bond donors (Lipinski definition) is 0. The van der Waals surface area contributed by atoms with Gasteiger partial charge in [0.1, 0.15) is 0 Å². The zero-order valence-electron chi connectivity index (χ0n) is 7.98. The van der Waals surface area contributed by atoms with Crippen molar-refractivity contribution in [1.29, 1.82) is 0 Å². The second-order valence-corrected chi connectivity index (χ2v) is 4.69. The van der Waals surface area contributed by atoms with E-state index in [4.69, 9.17) is 4.42 Å². The van der Waals surface area contributed by atoms with Crippen molar-refractivity contribution in [3.8, 4) is 0 Å². The molecule has 0 fully saturated rings. The summed E-state index contributed by atoms with van der Waals surface area (Å²) < 4.78 is 6.09. The van der Waals surface area contributed by atoms with Crippen LogP contribution in [0, 0.1) is 3.90 Å². The third kappa shape index (κ3) is 1.67. The average molecular weight is 312 g/mol. The van der Waals surface area contributed by atoms with E-state index in [2.05, 4.69) is 34.5 Å². The highest BCUT2D eigenvalue weighted by Gasteiger charge is 2.26. The van der Waals surface area contributed by atoms with Crippen molar-refractivity contribution in [3.05, 3.63) is 45.2 Å². The van der Waals surface area contributed by atoms with Crippen LogP contribution >= 0.6 is 22.6 Å². The quantitative estimate of drug-likeness (QED) is 0.760. The molecule has 0 atom stereocenters. The summed E-state index contributed by atoms with van der Waals surface area (Å²) in [5, 5.41) is 7.95. The second kappa shape index (κ2) is 3.59. The van der Waals surface area contributed by atoms with E-state index in [1.165, 1.54) is 11.1 Å². The zero-order chi connectivity index (χ0) is 10.3. The molecule has 15 heavy (non-hydrogen) atoms. The Morgan fingerprint density at radius 3 is 2.33 bits per heavy atom. The second-order valence-electron chi connectivity index (χ2n) is 3.77. The van der Waals surface area contributed by atoms with Gasteiger partial charge in [0.2, 0.25) is 5.89 Å². The molecule has 0 saturated carbocycles. The molecule has 1 aromatic carbocycles. The Balaban J connectivity index is 1.90. The monoisotopic (exact) mass is 312 g/mol. The molecule has 3 rings (SSSR count). The Morgan fingerprint density at radius 1 is 1.13 bits per heavy atom. The number of halogens is 1. The van der Waals surface area contributed by atoms with Crippen LogP contribution in [0.2, 0.25) is 0 Å². The van der Waals surface area contributed by atoms with Crippen LogP contribution in [0.5, 0.6) is 0 Å². The lowest BCUT2D eigenvalue weighted by atomic mass is 10.1. The number of rotatable bonds is 1. The van der Waals surface area contributed by atoms with Crippen molar-refractivity contribution in [3.63, 3.8) is 0 Å². The molecule has 0 unspecified atom stereocenters. The van der Waals surface area contributed by atoms with E-state index in [0.29, 0.717) is 9.82 Å². The summed E-state index contributed by atoms with van der Waals surface area (Å²) in [7, 11) is 0. The maximum absolute atomic E-state index is 5.46. The first kappa shape index (κ1) is 9.33. The molecule has 0 amide bonds. The van der Waals surface area contributed by atoms with Gasteiger partial charge in [-0.05, 0) is 24.0 Å². The van der Waals surface area contributed by atoms with Gasteiger partial charge >= 0.3 is 0 Å². The van der Waals surface area contributed by atoms with Gasteiger partial charge < -0.3 is 4.42 Å². The van der Waals surface area contributed by atoms with Crippen LogP contribution < -0.4 is 0 Å². The van der Waals surface area contributed by atoms with Gasteiger partial charge in [-0.2, -0.15) is 0 Å². The fraction of sp³-hybridized carbons (Fsp3) is 0.273. The highest BCUT2D eigenvalue weighted by molar-refractivity contribution is 14.1. The lowest BCUT2D eigenvalue weighted by Crippen LogP contribution is -1.97. The van der Waals surface area contributed by atoms with Crippen molar-refractivity contribution in [1.82, 2.24) is 10.2 Å². The maximum Gasteiger partial charge on any atom is 0.278 e. The van der Waals surface area contributed by atoms with Crippen molar-refractivity contribution in [2.45, 2.75) is 18.8 Å². The van der Waals surface area contributed by atoms with Crippen molar-refractivity contribution in [2.75, 3.05) is 0 Å². The van der Waals surface area contributed by atoms with Crippen molar-refractivity contribution in [2.24, 2.45) is 0 Å². The predicted molar refractivity (Wildman–Crippen MR) is 63.6 cm³/mol. The van der Waals surface area contributed by atoms with E-state index in [1.807, 2.05) is 22.6 Å². The summed E-state index contributed by atoms with van der Waals surface area (Å²) in [5.41, 5.74) is 2.83. The van der Waals surface area contributed by atoms with Crippen LogP contribution in [0.3, 0.4) is 0 Å². The molecule has 4 heteroatoms. The van der Waals surface area contributed by atoms with Crippen LogP contribution in [-0.2, 0) is 12.8 Å². The molecule has 1 aliphatic rings. The standard InChI is InChI=1S/C11H9IN2O/c12-11-14-13-10(15-11)9-5-7-3-1-2-4-8(7)6-9/h1-4,9H,5-6H2. The molecule has 1 aromatic heterocycles. The molecule has 3 nitrogen and oxygen atoms in total. The van der Waals surface area contributed by atoms with Gasteiger partial charge in [-0.15, -0.1) is 10.2 Å². The largest absolute Gasteiger partial charge is 0.416 e. The molecule has 2 aromatic rings. The Bertz CT molecular complexity index is 470. The number of fused-ring (bicyclic) bond motifs is 1. The van der Waals surface area contributed by atoms with E-state index in [9.17, 15) is 0 Å². The van der Waals surface area contributed by atoms with Crippen molar-refractivity contribution < 1.29 is 4.42 Å². The van der Waals surface area contributed by atoms with E-state index in [1.54, 1.807) is 0 Å². The van der Waals surface area contributed by atoms with E-state index >= 15 is 0 Å². The molecular formula is C11H9IN2O. The Labute approximate surface area is 101 Å². The summed E-state index contributed by atoms with van der Waals surface area (Å²) in [6.07, 6.45) is 2.04. The predicted octanol–water partition coefficient (Wildman–Crippen LogP) is 2.56. The molecule has 0 radical (unpaired) electrons. The first-order valence-electron chi connectivity index (χ1n) is 4.88. The van der Waals surface area contributed by atoms with Crippen LogP contribution in [0.1, 0.15) is 22.9 Å². The van der Waals surface area contributed by atoms with Gasteiger partial charge in [0, 0.05) is 28.5 Å². The SMILES string of the molecule is Ic1nnc(C2Cc3ccccc3C2)o1.